The maximum absolute atomic E-state index is 12.7. The third kappa shape index (κ3) is 2.81. The van der Waals surface area contributed by atoms with Gasteiger partial charge in [-0.1, -0.05) is 18.2 Å². The van der Waals surface area contributed by atoms with Crippen LogP contribution in [0.15, 0.2) is 30.5 Å². The van der Waals surface area contributed by atoms with Crippen LogP contribution in [0.25, 0.3) is 10.9 Å². The summed E-state index contributed by atoms with van der Waals surface area (Å²) in [4.78, 5) is 4.31. The van der Waals surface area contributed by atoms with E-state index in [0.29, 0.717) is 0 Å². The van der Waals surface area contributed by atoms with Gasteiger partial charge in [0, 0.05) is 50.3 Å². The summed E-state index contributed by atoms with van der Waals surface area (Å²) >= 11 is 0. The van der Waals surface area contributed by atoms with Crippen molar-refractivity contribution in [2.24, 2.45) is 7.05 Å². The van der Waals surface area contributed by atoms with E-state index in [2.05, 4.69) is 18.0 Å². The largest absolute Gasteiger partial charge is 1.00 e. The van der Waals surface area contributed by atoms with Crippen LogP contribution < -0.4 is 24.0 Å². The molecule has 0 bridgehead atoms. The van der Waals surface area contributed by atoms with E-state index in [1.165, 1.54) is 0 Å². The van der Waals surface area contributed by atoms with Gasteiger partial charge in [0.25, 0.3) is 0 Å². The van der Waals surface area contributed by atoms with E-state index in [0.717, 1.165) is 42.6 Å². The van der Waals surface area contributed by atoms with Crippen molar-refractivity contribution in [3.63, 3.8) is 0 Å². The molecular weight excluding hydrogens is 245 g/mol. The third-order valence-corrected chi connectivity index (χ3v) is 4.06. The van der Waals surface area contributed by atoms with Crippen LogP contribution in [-0.4, -0.2) is 47.6 Å². The molecule has 5 heteroatoms. The molecule has 4 nitrogen and oxygen atoms in total. The first-order chi connectivity index (χ1) is 9.16. The Morgan fingerprint density at radius 2 is 1.70 bits per heavy atom. The Labute approximate surface area is 132 Å². The van der Waals surface area contributed by atoms with Crippen molar-refractivity contribution in [2.75, 3.05) is 33.2 Å². The first-order valence-corrected chi connectivity index (χ1v) is 6.79. The van der Waals surface area contributed by atoms with Gasteiger partial charge in [0.1, 0.15) is 0 Å². The summed E-state index contributed by atoms with van der Waals surface area (Å²) in [5.74, 6) is 0. The molecule has 2 aromatic rings. The predicted molar refractivity (Wildman–Crippen MR) is 74.7 cm³/mol. The van der Waals surface area contributed by atoms with Gasteiger partial charge in [-0.05, 0) is 24.9 Å². The van der Waals surface area contributed by atoms with Crippen molar-refractivity contribution in [3.8, 4) is 0 Å². The molecule has 102 valence electrons. The molecule has 1 aliphatic heterocycles. The van der Waals surface area contributed by atoms with Gasteiger partial charge >= 0.3 is 18.9 Å². The van der Waals surface area contributed by atoms with Crippen molar-refractivity contribution in [1.82, 2.24) is 14.4 Å². The number of hydrogen-bond acceptors (Lipinski definition) is 3. The average molecular weight is 265 g/mol. The van der Waals surface area contributed by atoms with Crippen LogP contribution in [0.2, 0.25) is 0 Å². The Hall–Kier alpha value is -0.763. The number of rotatable bonds is 2. The molecule has 1 atom stereocenters. The third-order valence-electron chi connectivity index (χ3n) is 4.06. The van der Waals surface area contributed by atoms with E-state index in [1.807, 2.05) is 40.9 Å². The quantitative estimate of drug-likeness (QED) is 0.578. The van der Waals surface area contributed by atoms with Crippen molar-refractivity contribution in [1.29, 1.82) is 0 Å². The topological polar surface area (TPSA) is 34.5 Å². The van der Waals surface area contributed by atoms with Crippen LogP contribution in [0.4, 0.5) is 0 Å². The molecule has 20 heavy (non-hydrogen) atoms. The van der Waals surface area contributed by atoms with E-state index >= 15 is 0 Å². The second-order valence-electron chi connectivity index (χ2n) is 5.40. The molecule has 0 saturated carbocycles. The maximum Gasteiger partial charge on any atom is 1.00 e. The molecule has 0 aliphatic carbocycles. The fourth-order valence-corrected chi connectivity index (χ4v) is 2.82. The second kappa shape index (κ2) is 6.34. The molecule has 2 heterocycles. The summed E-state index contributed by atoms with van der Waals surface area (Å²) in [6.07, 6.45) is 1.24. The van der Waals surface area contributed by atoms with Gasteiger partial charge in [-0.2, -0.15) is 0 Å². The van der Waals surface area contributed by atoms with Crippen molar-refractivity contribution in [3.05, 3.63) is 36.0 Å². The Balaban J connectivity index is 0.00000147. The van der Waals surface area contributed by atoms with Gasteiger partial charge in [0.05, 0.1) is 0 Å². The smallest absolute Gasteiger partial charge is 0.837 e. The van der Waals surface area contributed by atoms with Crippen molar-refractivity contribution in [2.45, 2.75) is 6.23 Å². The normalized spacial score (nSPS) is 18.9. The summed E-state index contributed by atoms with van der Waals surface area (Å²) in [7, 11) is 4.11. The van der Waals surface area contributed by atoms with Crippen LogP contribution in [0.1, 0.15) is 11.8 Å². The molecule has 1 fully saturated rings. The van der Waals surface area contributed by atoms with E-state index in [-0.39, 0.29) is 18.9 Å². The number of fused-ring (bicyclic) bond motifs is 1. The minimum atomic E-state index is -0.750. The van der Waals surface area contributed by atoms with Crippen LogP contribution in [0.5, 0.6) is 0 Å². The Bertz CT molecular complexity index is 576. The molecular formula is C15H20LiN3O. The summed E-state index contributed by atoms with van der Waals surface area (Å²) in [5, 5.41) is 13.8. The number of nitrogens with zero attached hydrogens (tertiary/aromatic N) is 3. The number of para-hydroxylation sites is 1. The first kappa shape index (κ1) is 15.6. The standard InChI is InChI=1S/C15H20N3O.Li/c1-16-7-9-18(10-8-16)15(19)13-11-17(2)14-6-4-3-5-12(13)14;/h3-6,11,15H,7-10H2,1-2H3;/q-1;+1. The number of aryl methyl sites for hydroxylation is 1. The molecule has 0 radical (unpaired) electrons. The number of aromatic nitrogens is 1. The van der Waals surface area contributed by atoms with Gasteiger partial charge in [-0.3, -0.25) is 0 Å². The molecule has 1 unspecified atom stereocenters. The minimum absolute atomic E-state index is 0. The summed E-state index contributed by atoms with van der Waals surface area (Å²) in [6, 6.07) is 8.13. The van der Waals surface area contributed by atoms with Gasteiger partial charge in [0.15, 0.2) is 0 Å². The molecule has 1 aliphatic rings. The summed E-state index contributed by atoms with van der Waals surface area (Å²) < 4.78 is 2.05. The SMILES string of the molecule is CN1CCN(C([O-])c2cn(C)c3ccccc23)CC1.[Li+]. The van der Waals surface area contributed by atoms with Gasteiger partial charge in [-0.25, -0.2) is 0 Å². The molecule has 3 rings (SSSR count). The predicted octanol–water partition coefficient (Wildman–Crippen LogP) is -2.21. The fraction of sp³-hybridized carbons (Fsp3) is 0.467. The summed E-state index contributed by atoms with van der Waals surface area (Å²) in [6.45, 7) is 3.66. The second-order valence-corrected chi connectivity index (χ2v) is 5.40. The molecule has 0 N–H and O–H groups in total. The minimum Gasteiger partial charge on any atom is -0.837 e. The van der Waals surface area contributed by atoms with Gasteiger partial charge in [-0.15, -0.1) is 0 Å². The van der Waals surface area contributed by atoms with E-state index in [9.17, 15) is 5.11 Å². The first-order valence-electron chi connectivity index (χ1n) is 6.79. The van der Waals surface area contributed by atoms with Crippen molar-refractivity contribution >= 4 is 10.9 Å². The summed E-state index contributed by atoms with van der Waals surface area (Å²) in [5.41, 5.74) is 2.04. The Morgan fingerprint density at radius 1 is 1.05 bits per heavy atom. The molecule has 1 saturated heterocycles. The molecule has 1 aromatic carbocycles. The van der Waals surface area contributed by atoms with Crippen LogP contribution in [0.3, 0.4) is 0 Å². The Kier molecular flexibility index (Phi) is 4.95. The zero-order chi connectivity index (χ0) is 13.4. The zero-order valence-electron chi connectivity index (χ0n) is 12.5. The number of hydrogen-bond donors (Lipinski definition) is 0. The van der Waals surface area contributed by atoms with E-state index < -0.39 is 6.23 Å². The number of piperazine rings is 1. The monoisotopic (exact) mass is 265 g/mol. The maximum atomic E-state index is 12.7. The van der Waals surface area contributed by atoms with Crippen LogP contribution in [0, 0.1) is 0 Å². The fourth-order valence-electron chi connectivity index (χ4n) is 2.82. The van der Waals surface area contributed by atoms with E-state index in [4.69, 9.17) is 0 Å². The van der Waals surface area contributed by atoms with Crippen LogP contribution in [-0.2, 0) is 7.05 Å². The number of likely N-dealkylation sites (N-methyl/N-ethyl adjacent to an activating group) is 1. The van der Waals surface area contributed by atoms with Gasteiger partial charge in [0.2, 0.25) is 0 Å². The van der Waals surface area contributed by atoms with Crippen LogP contribution >= 0.6 is 0 Å². The number of benzene rings is 1. The average Bonchev–Trinajstić information content (AvgIpc) is 2.77. The molecule has 1 aromatic heterocycles. The van der Waals surface area contributed by atoms with E-state index in [1.54, 1.807) is 0 Å². The Morgan fingerprint density at radius 3 is 2.40 bits per heavy atom. The van der Waals surface area contributed by atoms with Gasteiger partial charge < -0.3 is 19.5 Å². The van der Waals surface area contributed by atoms with Crippen molar-refractivity contribution < 1.29 is 24.0 Å². The zero-order valence-corrected chi connectivity index (χ0v) is 12.5. The molecule has 0 spiro atoms. The molecule has 0 amide bonds.